The van der Waals surface area contributed by atoms with Crippen LogP contribution in [0.4, 0.5) is 0 Å². The molecule has 22 heavy (non-hydrogen) atoms. The summed E-state index contributed by atoms with van der Waals surface area (Å²) in [5, 5.41) is 4.51. The van der Waals surface area contributed by atoms with Gasteiger partial charge in [-0.15, -0.1) is 0 Å². The molecule has 2 aromatic heterocycles. The molecular formula is C17H14ClN3O. The number of pyridine rings is 1. The highest BCUT2D eigenvalue weighted by Gasteiger charge is 2.23. The van der Waals surface area contributed by atoms with Crippen molar-refractivity contribution in [2.24, 2.45) is 0 Å². The van der Waals surface area contributed by atoms with Gasteiger partial charge in [0.2, 0.25) is 5.91 Å². The van der Waals surface area contributed by atoms with E-state index in [0.29, 0.717) is 18.0 Å². The van der Waals surface area contributed by atoms with E-state index in [1.54, 1.807) is 6.20 Å². The van der Waals surface area contributed by atoms with E-state index in [0.717, 1.165) is 22.2 Å². The number of H-pyrrole nitrogens is 1. The highest BCUT2D eigenvalue weighted by atomic mass is 35.5. The summed E-state index contributed by atoms with van der Waals surface area (Å²) in [6.45, 7) is 0.712. The van der Waals surface area contributed by atoms with Crippen LogP contribution >= 0.6 is 11.6 Å². The Bertz CT molecular complexity index is 871. The molecule has 1 amide bonds. The van der Waals surface area contributed by atoms with Gasteiger partial charge in [-0.2, -0.15) is 0 Å². The number of amides is 1. The molecular weight excluding hydrogens is 298 g/mol. The average molecular weight is 312 g/mol. The first-order valence-electron chi connectivity index (χ1n) is 7.20. The van der Waals surface area contributed by atoms with Gasteiger partial charge in [-0.25, -0.2) is 4.98 Å². The topological polar surface area (TPSA) is 57.8 Å². The van der Waals surface area contributed by atoms with Crippen molar-refractivity contribution in [3.8, 4) is 11.1 Å². The lowest BCUT2D eigenvalue weighted by Gasteiger charge is -2.09. The molecule has 1 aliphatic heterocycles. The quantitative estimate of drug-likeness (QED) is 0.761. The number of rotatable bonds is 2. The third-order valence-corrected chi connectivity index (χ3v) is 4.35. The third-order valence-electron chi connectivity index (χ3n) is 4.14. The van der Waals surface area contributed by atoms with Gasteiger partial charge in [-0.1, -0.05) is 35.9 Å². The first-order chi connectivity index (χ1) is 10.7. The molecule has 1 aromatic carbocycles. The van der Waals surface area contributed by atoms with Crippen LogP contribution in [0.5, 0.6) is 0 Å². The first-order valence-corrected chi connectivity index (χ1v) is 7.58. The van der Waals surface area contributed by atoms with Crippen molar-refractivity contribution in [3.05, 3.63) is 53.3 Å². The highest BCUT2D eigenvalue weighted by Crippen LogP contribution is 2.32. The van der Waals surface area contributed by atoms with Crippen LogP contribution in [0.25, 0.3) is 22.2 Å². The second kappa shape index (κ2) is 5.14. The van der Waals surface area contributed by atoms with Crippen LogP contribution in [0, 0.1) is 0 Å². The summed E-state index contributed by atoms with van der Waals surface area (Å²) in [5.41, 5.74) is 4.18. The summed E-state index contributed by atoms with van der Waals surface area (Å²) < 4.78 is 0. The van der Waals surface area contributed by atoms with E-state index < -0.39 is 0 Å². The Balaban J connectivity index is 1.78. The van der Waals surface area contributed by atoms with Gasteiger partial charge in [0.15, 0.2) is 0 Å². The van der Waals surface area contributed by atoms with Crippen molar-refractivity contribution in [2.45, 2.75) is 12.3 Å². The number of hydrogen-bond donors (Lipinski definition) is 2. The van der Waals surface area contributed by atoms with E-state index in [-0.39, 0.29) is 11.8 Å². The number of carbonyl (C=O) groups excluding carboxylic acids is 1. The fourth-order valence-corrected chi connectivity index (χ4v) is 3.18. The second-order valence-corrected chi connectivity index (χ2v) is 6.02. The molecule has 0 saturated carbocycles. The van der Waals surface area contributed by atoms with Crippen molar-refractivity contribution in [3.63, 3.8) is 0 Å². The third kappa shape index (κ3) is 2.25. The van der Waals surface area contributed by atoms with Gasteiger partial charge in [-0.05, 0) is 17.2 Å². The normalized spacial score (nSPS) is 17.9. The minimum Gasteiger partial charge on any atom is -0.355 e. The minimum atomic E-state index is 0.124. The Morgan fingerprint density at radius 2 is 2.18 bits per heavy atom. The van der Waals surface area contributed by atoms with Crippen LogP contribution in [-0.2, 0) is 4.79 Å². The number of aromatic nitrogens is 2. The van der Waals surface area contributed by atoms with E-state index in [2.05, 4.69) is 33.5 Å². The maximum absolute atomic E-state index is 11.4. The molecule has 5 heteroatoms. The van der Waals surface area contributed by atoms with E-state index in [1.807, 2.05) is 18.3 Å². The fraction of sp³-hybridized carbons (Fsp3) is 0.176. The predicted molar refractivity (Wildman–Crippen MR) is 86.9 cm³/mol. The molecule has 3 aromatic rings. The molecule has 0 aliphatic carbocycles. The zero-order valence-corrected chi connectivity index (χ0v) is 12.5. The molecule has 110 valence electrons. The SMILES string of the molecule is O=C1CC(c2cccc(-c3c[nH]c4ncc(Cl)cc34)c2)CN1. The van der Waals surface area contributed by atoms with Crippen LogP contribution < -0.4 is 5.32 Å². The summed E-state index contributed by atoms with van der Waals surface area (Å²) >= 11 is 6.06. The molecule has 1 saturated heterocycles. The maximum Gasteiger partial charge on any atom is 0.220 e. The van der Waals surface area contributed by atoms with Gasteiger partial charge < -0.3 is 10.3 Å². The number of fused-ring (bicyclic) bond motifs is 1. The molecule has 1 atom stereocenters. The van der Waals surface area contributed by atoms with Crippen molar-refractivity contribution >= 4 is 28.5 Å². The van der Waals surface area contributed by atoms with Crippen molar-refractivity contribution in [2.75, 3.05) is 6.54 Å². The maximum atomic E-state index is 11.4. The molecule has 2 N–H and O–H groups in total. The van der Waals surface area contributed by atoms with Gasteiger partial charge in [0.05, 0.1) is 5.02 Å². The molecule has 0 spiro atoms. The van der Waals surface area contributed by atoms with Gasteiger partial charge in [-0.3, -0.25) is 4.79 Å². The number of nitrogens with one attached hydrogen (secondary N) is 2. The summed E-state index contributed by atoms with van der Waals surface area (Å²) in [6.07, 6.45) is 4.15. The zero-order chi connectivity index (χ0) is 15.1. The summed E-state index contributed by atoms with van der Waals surface area (Å²) in [6, 6.07) is 10.2. The number of nitrogens with zero attached hydrogens (tertiary/aromatic N) is 1. The van der Waals surface area contributed by atoms with E-state index in [1.165, 1.54) is 5.56 Å². The summed E-state index contributed by atoms with van der Waals surface area (Å²) in [5.74, 6) is 0.373. The molecule has 3 heterocycles. The monoisotopic (exact) mass is 311 g/mol. The zero-order valence-electron chi connectivity index (χ0n) is 11.8. The predicted octanol–water partition coefficient (Wildman–Crippen LogP) is 3.49. The first kappa shape index (κ1) is 13.3. The Morgan fingerprint density at radius 1 is 1.27 bits per heavy atom. The lowest BCUT2D eigenvalue weighted by Crippen LogP contribution is -2.13. The Morgan fingerprint density at radius 3 is 3.00 bits per heavy atom. The van der Waals surface area contributed by atoms with E-state index >= 15 is 0 Å². The fourth-order valence-electron chi connectivity index (χ4n) is 3.02. The Labute approximate surface area is 132 Å². The van der Waals surface area contributed by atoms with Crippen LogP contribution in [0.2, 0.25) is 5.02 Å². The lowest BCUT2D eigenvalue weighted by atomic mass is 9.94. The van der Waals surface area contributed by atoms with Crippen LogP contribution in [0.3, 0.4) is 0 Å². The largest absolute Gasteiger partial charge is 0.355 e. The lowest BCUT2D eigenvalue weighted by molar-refractivity contribution is -0.119. The van der Waals surface area contributed by atoms with E-state index in [9.17, 15) is 4.79 Å². The highest BCUT2D eigenvalue weighted by molar-refractivity contribution is 6.31. The van der Waals surface area contributed by atoms with Gasteiger partial charge in [0.1, 0.15) is 5.65 Å². The van der Waals surface area contributed by atoms with Crippen molar-refractivity contribution in [1.82, 2.24) is 15.3 Å². The van der Waals surface area contributed by atoms with E-state index in [4.69, 9.17) is 11.6 Å². The Kier molecular flexibility index (Phi) is 3.12. The smallest absolute Gasteiger partial charge is 0.220 e. The molecule has 4 nitrogen and oxygen atoms in total. The summed E-state index contributed by atoms with van der Waals surface area (Å²) in [7, 11) is 0. The number of halogens is 1. The summed E-state index contributed by atoms with van der Waals surface area (Å²) in [4.78, 5) is 18.9. The molecule has 1 unspecified atom stereocenters. The minimum absolute atomic E-state index is 0.124. The second-order valence-electron chi connectivity index (χ2n) is 5.58. The van der Waals surface area contributed by atoms with Gasteiger partial charge in [0.25, 0.3) is 0 Å². The molecule has 1 fully saturated rings. The van der Waals surface area contributed by atoms with Crippen molar-refractivity contribution < 1.29 is 4.79 Å². The number of benzene rings is 1. The van der Waals surface area contributed by atoms with Crippen LogP contribution in [0.15, 0.2) is 42.7 Å². The average Bonchev–Trinajstić information content (AvgIpc) is 3.13. The number of carbonyl (C=O) groups is 1. The molecule has 4 rings (SSSR count). The molecule has 0 bridgehead atoms. The molecule has 1 aliphatic rings. The van der Waals surface area contributed by atoms with Gasteiger partial charge in [0, 0.05) is 42.2 Å². The van der Waals surface area contributed by atoms with Crippen molar-refractivity contribution in [1.29, 1.82) is 0 Å². The van der Waals surface area contributed by atoms with Crippen LogP contribution in [0.1, 0.15) is 17.9 Å². The standard InChI is InChI=1S/C17H14ClN3O/c18-13-6-14-15(9-21-17(14)20-8-13)11-3-1-2-10(4-11)12-5-16(22)19-7-12/h1-4,6,8-9,12H,5,7H2,(H,19,22)(H,20,21). The van der Waals surface area contributed by atoms with Crippen LogP contribution in [-0.4, -0.2) is 22.4 Å². The number of aromatic amines is 1. The Hall–Kier alpha value is -2.33. The molecule has 0 radical (unpaired) electrons. The van der Waals surface area contributed by atoms with Gasteiger partial charge >= 0.3 is 0 Å². The number of hydrogen-bond acceptors (Lipinski definition) is 2.